The first-order valence-corrected chi connectivity index (χ1v) is 6.84. The van der Waals surface area contributed by atoms with Gasteiger partial charge < -0.3 is 0 Å². The zero-order valence-corrected chi connectivity index (χ0v) is 11.1. The number of benzene rings is 1. The molecule has 0 amide bonds. The molecule has 1 atom stereocenters. The van der Waals surface area contributed by atoms with Crippen molar-refractivity contribution in [3.63, 3.8) is 0 Å². The lowest BCUT2D eigenvalue weighted by atomic mass is 10.2. The summed E-state index contributed by atoms with van der Waals surface area (Å²) in [6.07, 6.45) is 0. The molecule has 0 spiro atoms. The predicted molar refractivity (Wildman–Crippen MR) is 66.6 cm³/mol. The van der Waals surface area contributed by atoms with Crippen molar-refractivity contribution in [3.05, 3.63) is 34.3 Å². The van der Waals surface area contributed by atoms with Gasteiger partial charge >= 0.3 is 0 Å². The Balaban J connectivity index is 2.74. The highest BCUT2D eigenvalue weighted by atomic mass is 79.9. The van der Waals surface area contributed by atoms with E-state index in [0.29, 0.717) is 5.56 Å². The number of carbonyl (C=O) groups is 1. The summed E-state index contributed by atoms with van der Waals surface area (Å²) >= 11 is 3.30. The molecule has 0 saturated heterocycles. The molecule has 0 heterocycles. The van der Waals surface area contributed by atoms with Gasteiger partial charge in [-0.05, 0) is 12.1 Å². The summed E-state index contributed by atoms with van der Waals surface area (Å²) in [6, 6.07) is 7.15. The van der Waals surface area contributed by atoms with E-state index in [4.69, 9.17) is 0 Å². The Kier molecular flexibility index (Phi) is 4.67. The molecule has 0 radical (unpaired) electrons. The van der Waals surface area contributed by atoms with Gasteiger partial charge in [0.25, 0.3) is 0 Å². The molecule has 0 aromatic heterocycles. The second-order valence-electron chi connectivity index (χ2n) is 3.51. The highest BCUT2D eigenvalue weighted by Crippen LogP contribution is 2.12. The Hall–Kier alpha value is -0.480. The molecule has 0 N–H and O–H groups in total. The van der Waals surface area contributed by atoms with Crippen molar-refractivity contribution in [2.45, 2.75) is 19.1 Å². The van der Waals surface area contributed by atoms with Crippen LogP contribution in [0.4, 0.5) is 0 Å². The van der Waals surface area contributed by atoms with Crippen LogP contribution >= 0.6 is 15.9 Å². The molecule has 15 heavy (non-hydrogen) atoms. The molecule has 2 nitrogen and oxygen atoms in total. The number of halogens is 1. The van der Waals surface area contributed by atoms with Crippen molar-refractivity contribution in [1.82, 2.24) is 0 Å². The molecule has 1 unspecified atom stereocenters. The first-order chi connectivity index (χ1) is 7.00. The van der Waals surface area contributed by atoms with Crippen LogP contribution in [0.5, 0.6) is 0 Å². The van der Waals surface area contributed by atoms with Gasteiger partial charge in [-0.3, -0.25) is 9.00 Å². The maximum Gasteiger partial charge on any atom is 0.175 e. The molecule has 0 aliphatic rings. The topological polar surface area (TPSA) is 34.1 Å². The van der Waals surface area contributed by atoms with E-state index in [1.165, 1.54) is 0 Å². The van der Waals surface area contributed by atoms with Gasteiger partial charge in [-0.25, -0.2) is 0 Å². The molecule has 0 saturated carbocycles. The molecular weight excluding hydrogens is 276 g/mol. The Morgan fingerprint density at radius 2 is 2.13 bits per heavy atom. The molecule has 4 heteroatoms. The monoisotopic (exact) mass is 288 g/mol. The van der Waals surface area contributed by atoms with Crippen molar-refractivity contribution >= 4 is 32.5 Å². The van der Waals surface area contributed by atoms with Crippen LogP contribution in [-0.4, -0.2) is 21.0 Å². The van der Waals surface area contributed by atoms with Gasteiger partial charge in [-0.1, -0.05) is 41.9 Å². The quantitative estimate of drug-likeness (QED) is 0.799. The third kappa shape index (κ3) is 3.87. The lowest BCUT2D eigenvalue weighted by Gasteiger charge is -2.04. The van der Waals surface area contributed by atoms with Crippen molar-refractivity contribution < 1.29 is 9.00 Å². The Morgan fingerprint density at radius 1 is 1.47 bits per heavy atom. The molecule has 0 aliphatic heterocycles. The van der Waals surface area contributed by atoms with E-state index in [1.54, 1.807) is 18.2 Å². The second-order valence-corrected chi connectivity index (χ2v) is 6.42. The predicted octanol–water partition coefficient (Wildman–Crippen LogP) is 2.79. The summed E-state index contributed by atoms with van der Waals surface area (Å²) in [7, 11) is -1.07. The average molecular weight is 289 g/mol. The van der Waals surface area contributed by atoms with Crippen LogP contribution in [0.3, 0.4) is 0 Å². The molecular formula is C11H13BrO2S. The van der Waals surface area contributed by atoms with Crippen LogP contribution in [0.1, 0.15) is 24.2 Å². The summed E-state index contributed by atoms with van der Waals surface area (Å²) in [5.41, 5.74) is 0.610. The van der Waals surface area contributed by atoms with Crippen molar-refractivity contribution in [2.24, 2.45) is 0 Å². The van der Waals surface area contributed by atoms with E-state index in [1.807, 2.05) is 19.9 Å². The van der Waals surface area contributed by atoms with E-state index >= 15 is 0 Å². The third-order valence-electron chi connectivity index (χ3n) is 1.95. The number of ketones is 1. The molecule has 1 aromatic rings. The average Bonchev–Trinajstić information content (AvgIpc) is 2.17. The Bertz CT molecular complexity index is 388. The SMILES string of the molecule is CC(C)S(=O)CC(=O)c1cccc(Br)c1. The summed E-state index contributed by atoms with van der Waals surface area (Å²) in [5, 5.41) is 0.0288. The van der Waals surface area contributed by atoms with Crippen molar-refractivity contribution in [3.8, 4) is 0 Å². The maximum atomic E-state index is 11.7. The van der Waals surface area contributed by atoms with Crippen LogP contribution < -0.4 is 0 Å². The van der Waals surface area contributed by atoms with Crippen molar-refractivity contribution in [1.29, 1.82) is 0 Å². The summed E-state index contributed by atoms with van der Waals surface area (Å²) in [4.78, 5) is 11.7. The van der Waals surface area contributed by atoms with Crippen molar-refractivity contribution in [2.75, 3.05) is 5.75 Å². The van der Waals surface area contributed by atoms with Gasteiger partial charge in [0.1, 0.15) is 0 Å². The van der Waals surface area contributed by atoms with Gasteiger partial charge in [0.2, 0.25) is 0 Å². The van der Waals surface area contributed by atoms with Crippen LogP contribution in [0, 0.1) is 0 Å². The van der Waals surface area contributed by atoms with E-state index in [0.717, 1.165) is 4.47 Å². The van der Waals surface area contributed by atoms with Crippen LogP contribution in [0.25, 0.3) is 0 Å². The highest BCUT2D eigenvalue weighted by molar-refractivity contribution is 9.10. The molecule has 1 aromatic carbocycles. The fraction of sp³-hybridized carbons (Fsp3) is 0.364. The minimum absolute atomic E-state index is 0.0288. The highest BCUT2D eigenvalue weighted by Gasteiger charge is 2.13. The van der Waals surface area contributed by atoms with E-state index in [9.17, 15) is 9.00 Å². The minimum atomic E-state index is -1.07. The van der Waals surface area contributed by atoms with Gasteiger partial charge in [0.05, 0.1) is 5.75 Å². The van der Waals surface area contributed by atoms with Gasteiger partial charge in [0, 0.05) is 26.1 Å². The summed E-state index contributed by atoms with van der Waals surface area (Å²) < 4.78 is 12.4. The second kappa shape index (κ2) is 5.56. The van der Waals surface area contributed by atoms with Crippen LogP contribution in [0.15, 0.2) is 28.7 Å². The lowest BCUT2D eigenvalue weighted by molar-refractivity contribution is 0.102. The number of carbonyl (C=O) groups excluding carboxylic acids is 1. The number of hydrogen-bond acceptors (Lipinski definition) is 2. The fourth-order valence-electron chi connectivity index (χ4n) is 1.04. The van der Waals surface area contributed by atoms with E-state index < -0.39 is 10.8 Å². The normalized spacial score (nSPS) is 12.8. The summed E-state index contributed by atoms with van der Waals surface area (Å²) in [6.45, 7) is 3.70. The first-order valence-electron chi connectivity index (χ1n) is 4.66. The Morgan fingerprint density at radius 3 is 2.67 bits per heavy atom. The van der Waals surface area contributed by atoms with Gasteiger partial charge in [-0.15, -0.1) is 0 Å². The third-order valence-corrected chi connectivity index (χ3v) is 4.04. The fourth-order valence-corrected chi connectivity index (χ4v) is 2.20. The number of hydrogen-bond donors (Lipinski definition) is 0. The maximum absolute atomic E-state index is 11.7. The zero-order valence-electron chi connectivity index (χ0n) is 8.70. The zero-order chi connectivity index (χ0) is 11.4. The molecule has 82 valence electrons. The molecule has 0 bridgehead atoms. The largest absolute Gasteiger partial charge is 0.293 e. The van der Waals surface area contributed by atoms with E-state index in [2.05, 4.69) is 15.9 Å². The molecule has 1 rings (SSSR count). The summed E-state index contributed by atoms with van der Waals surface area (Å²) in [5.74, 6) is 0.0389. The van der Waals surface area contributed by atoms with Gasteiger partial charge in [0.15, 0.2) is 5.78 Å². The first kappa shape index (κ1) is 12.6. The van der Waals surface area contributed by atoms with Crippen LogP contribution in [0.2, 0.25) is 0 Å². The van der Waals surface area contributed by atoms with Gasteiger partial charge in [-0.2, -0.15) is 0 Å². The lowest BCUT2D eigenvalue weighted by Crippen LogP contribution is -2.17. The standard InChI is InChI=1S/C11H13BrO2S/c1-8(2)15(14)7-11(13)9-4-3-5-10(12)6-9/h3-6,8H,7H2,1-2H3. The van der Waals surface area contributed by atoms with Crippen LogP contribution in [-0.2, 0) is 10.8 Å². The number of rotatable bonds is 4. The molecule has 0 fully saturated rings. The smallest absolute Gasteiger partial charge is 0.175 e. The number of Topliss-reactive ketones (excluding diaryl/α,β-unsaturated/α-hetero) is 1. The van der Waals surface area contributed by atoms with E-state index in [-0.39, 0.29) is 16.8 Å². The molecule has 0 aliphatic carbocycles. The Labute approximate surface area is 101 Å². The minimum Gasteiger partial charge on any atom is -0.293 e.